The van der Waals surface area contributed by atoms with Gasteiger partial charge in [0.25, 0.3) is 0 Å². The molecule has 3 N–H and O–H groups in total. The maximum Gasteiger partial charge on any atom is 0.353 e. The molecule has 0 amide bonds. The molecule has 0 saturated carbocycles. The van der Waals surface area contributed by atoms with Crippen molar-refractivity contribution >= 4 is 44.4 Å². The van der Waals surface area contributed by atoms with Crippen molar-refractivity contribution in [3.05, 3.63) is 12.7 Å². The summed E-state index contributed by atoms with van der Waals surface area (Å²) in [6.45, 7) is 9.47. The van der Waals surface area contributed by atoms with Gasteiger partial charge in [-0.05, 0) is 55.8 Å². The van der Waals surface area contributed by atoms with E-state index in [2.05, 4.69) is 47.2 Å². The summed E-state index contributed by atoms with van der Waals surface area (Å²) in [5.74, 6) is 5.90. The fraction of sp³-hybridized carbons (Fsp3) is 0.774. The molecule has 0 bridgehead atoms. The van der Waals surface area contributed by atoms with E-state index >= 15 is 0 Å². The SMILES string of the molecule is CC[Si](C#CCCCCCCCCCCCSCCCOP(=O)(O)CO[C@H](C)Cn1cnc2c(N)ncnc21)(CC)CC. The van der Waals surface area contributed by atoms with Gasteiger partial charge >= 0.3 is 7.60 Å². The molecule has 0 saturated heterocycles. The van der Waals surface area contributed by atoms with E-state index in [1.807, 2.05) is 18.7 Å². The monoisotopic (exact) mass is 653 g/mol. The van der Waals surface area contributed by atoms with Crippen LogP contribution in [0, 0.1) is 11.5 Å². The molecule has 244 valence electrons. The van der Waals surface area contributed by atoms with Gasteiger partial charge in [-0.25, -0.2) is 15.0 Å². The zero-order valence-corrected chi connectivity index (χ0v) is 29.8. The summed E-state index contributed by atoms with van der Waals surface area (Å²) in [6, 6.07) is 3.90. The van der Waals surface area contributed by atoms with Gasteiger partial charge in [0.2, 0.25) is 0 Å². The first-order valence-corrected chi connectivity index (χ1v) is 21.9. The molecule has 0 fully saturated rings. The van der Waals surface area contributed by atoms with E-state index < -0.39 is 15.7 Å². The van der Waals surface area contributed by atoms with Crippen LogP contribution < -0.4 is 5.73 Å². The highest BCUT2D eigenvalue weighted by Crippen LogP contribution is 2.42. The van der Waals surface area contributed by atoms with E-state index in [0.29, 0.717) is 23.5 Å². The first-order chi connectivity index (χ1) is 20.8. The third kappa shape index (κ3) is 14.9. The van der Waals surface area contributed by atoms with Crippen molar-refractivity contribution in [2.45, 2.75) is 129 Å². The number of rotatable bonds is 24. The Hall–Kier alpha value is -1.41. The molecule has 12 heteroatoms. The lowest BCUT2D eigenvalue weighted by Crippen LogP contribution is -2.29. The summed E-state index contributed by atoms with van der Waals surface area (Å²) >= 11 is 1.89. The van der Waals surface area contributed by atoms with E-state index in [-0.39, 0.29) is 19.1 Å². The number of anilines is 1. The van der Waals surface area contributed by atoms with Gasteiger partial charge in [0.1, 0.15) is 26.3 Å². The van der Waals surface area contributed by atoms with Crippen molar-refractivity contribution in [1.29, 1.82) is 0 Å². The van der Waals surface area contributed by atoms with Crippen LogP contribution in [0.2, 0.25) is 18.1 Å². The molecule has 2 heterocycles. The number of ether oxygens (including phenoxy) is 1. The average Bonchev–Trinajstić information content (AvgIpc) is 3.41. The third-order valence-corrected chi connectivity index (χ3v) is 15.1. The van der Waals surface area contributed by atoms with Gasteiger partial charge in [-0.2, -0.15) is 11.8 Å². The summed E-state index contributed by atoms with van der Waals surface area (Å²) in [7, 11) is -5.05. The fourth-order valence-electron chi connectivity index (χ4n) is 5.01. The molecule has 2 rings (SSSR count). The predicted octanol–water partition coefficient (Wildman–Crippen LogP) is 8.05. The van der Waals surface area contributed by atoms with Crippen LogP contribution in [0.1, 0.15) is 98.3 Å². The summed E-state index contributed by atoms with van der Waals surface area (Å²) < 4.78 is 25.0. The Bertz CT molecular complexity index is 1150. The molecule has 0 aliphatic heterocycles. The van der Waals surface area contributed by atoms with Crippen molar-refractivity contribution in [1.82, 2.24) is 19.5 Å². The van der Waals surface area contributed by atoms with Gasteiger partial charge in [-0.3, -0.25) is 4.57 Å². The molecule has 0 aliphatic rings. The highest BCUT2D eigenvalue weighted by atomic mass is 32.2. The zero-order valence-electron chi connectivity index (χ0n) is 27.1. The number of imidazole rings is 1. The standard InChI is InChI=1S/C31H56N5O4PSSi/c1-5-43(6-2,7-3)23-18-16-14-12-10-8-9-11-13-15-17-21-42-22-19-20-40-41(37,38)27-39-28(4)24-36-26-35-29-30(32)33-25-34-31(29)36/h25-26,28H,5-17,19-22,24,27H2,1-4H3,(H,37,38)(H2,32,33,34)/t28-/m1/s1. The number of nitrogens with two attached hydrogens (primary N) is 1. The van der Waals surface area contributed by atoms with Crippen molar-refractivity contribution in [2.75, 3.05) is 30.2 Å². The van der Waals surface area contributed by atoms with Gasteiger partial charge in [0.05, 0.1) is 25.6 Å². The number of fused-ring (bicyclic) bond motifs is 1. The Morgan fingerprint density at radius 2 is 1.60 bits per heavy atom. The molecule has 2 aromatic heterocycles. The lowest BCUT2D eigenvalue weighted by Gasteiger charge is -2.20. The number of unbranched alkanes of at least 4 members (excludes halogenated alkanes) is 9. The van der Waals surface area contributed by atoms with Gasteiger partial charge in [0.15, 0.2) is 11.5 Å². The number of hydrogen-bond acceptors (Lipinski definition) is 8. The van der Waals surface area contributed by atoms with E-state index in [1.165, 1.54) is 82.2 Å². The highest BCUT2D eigenvalue weighted by molar-refractivity contribution is 7.99. The molecular formula is C31H56N5O4PSSi. The fourth-order valence-corrected chi connectivity index (χ4v) is 9.41. The Balaban J connectivity index is 1.39. The Kier molecular flexibility index (Phi) is 18.8. The van der Waals surface area contributed by atoms with Crippen LogP contribution in [0.5, 0.6) is 0 Å². The summed E-state index contributed by atoms with van der Waals surface area (Å²) in [4.78, 5) is 22.5. The van der Waals surface area contributed by atoms with E-state index in [4.69, 9.17) is 15.0 Å². The first kappa shape index (κ1) is 37.8. The molecule has 1 unspecified atom stereocenters. The van der Waals surface area contributed by atoms with Gasteiger partial charge in [-0.1, -0.05) is 65.7 Å². The topological polar surface area (TPSA) is 125 Å². The molecule has 0 radical (unpaired) electrons. The van der Waals surface area contributed by atoms with Crippen molar-refractivity contribution in [3.8, 4) is 11.5 Å². The second-order valence-electron chi connectivity index (χ2n) is 11.4. The van der Waals surface area contributed by atoms with Crippen LogP contribution in [0.4, 0.5) is 5.82 Å². The Morgan fingerprint density at radius 1 is 0.977 bits per heavy atom. The van der Waals surface area contributed by atoms with Crippen LogP contribution in [-0.2, 0) is 20.4 Å². The van der Waals surface area contributed by atoms with Crippen LogP contribution in [0.25, 0.3) is 11.2 Å². The van der Waals surface area contributed by atoms with Gasteiger partial charge < -0.3 is 24.5 Å². The van der Waals surface area contributed by atoms with Crippen molar-refractivity contribution < 1.29 is 18.7 Å². The minimum Gasteiger partial charge on any atom is -0.382 e. The third-order valence-electron chi connectivity index (χ3n) is 8.11. The molecular weight excluding hydrogens is 597 g/mol. The predicted molar refractivity (Wildman–Crippen MR) is 184 cm³/mol. The molecule has 0 spiro atoms. The number of thioether (sulfide) groups is 1. The molecule has 2 atom stereocenters. The average molecular weight is 654 g/mol. The number of nitrogen functional groups attached to an aromatic ring is 1. The summed E-state index contributed by atoms with van der Waals surface area (Å²) in [6.07, 6.45) is 15.9. The molecule has 43 heavy (non-hydrogen) atoms. The lowest BCUT2D eigenvalue weighted by atomic mass is 10.1. The minimum absolute atomic E-state index is 0.256. The van der Waals surface area contributed by atoms with Crippen LogP contribution >= 0.6 is 19.4 Å². The summed E-state index contributed by atoms with van der Waals surface area (Å²) in [5, 5.41) is 0. The van der Waals surface area contributed by atoms with Crippen LogP contribution in [-0.4, -0.2) is 63.1 Å². The maximum absolute atomic E-state index is 12.3. The lowest BCUT2D eigenvalue weighted by molar-refractivity contribution is 0.0718. The number of hydrogen-bond donors (Lipinski definition) is 2. The first-order valence-electron chi connectivity index (χ1n) is 16.3. The minimum atomic E-state index is -3.80. The van der Waals surface area contributed by atoms with E-state index in [9.17, 15) is 9.46 Å². The van der Waals surface area contributed by atoms with Gasteiger partial charge in [-0.15, -0.1) is 11.5 Å². The smallest absolute Gasteiger partial charge is 0.353 e. The normalized spacial score (nSPS) is 14.0. The van der Waals surface area contributed by atoms with Crippen molar-refractivity contribution in [2.24, 2.45) is 0 Å². The second-order valence-corrected chi connectivity index (χ2v) is 19.4. The quantitative estimate of drug-likeness (QED) is 0.0501. The molecule has 2 aromatic rings. The number of nitrogens with zero attached hydrogens (tertiary/aromatic N) is 4. The Labute approximate surface area is 265 Å². The zero-order chi connectivity index (χ0) is 31.4. The maximum atomic E-state index is 12.3. The largest absolute Gasteiger partial charge is 0.382 e. The van der Waals surface area contributed by atoms with Crippen LogP contribution in [0.3, 0.4) is 0 Å². The van der Waals surface area contributed by atoms with E-state index in [0.717, 1.165) is 24.3 Å². The van der Waals surface area contributed by atoms with Crippen molar-refractivity contribution in [3.63, 3.8) is 0 Å². The second kappa shape index (κ2) is 21.3. The molecule has 0 aromatic carbocycles. The van der Waals surface area contributed by atoms with Crippen LogP contribution in [0.15, 0.2) is 12.7 Å². The number of aromatic nitrogens is 4. The molecule has 0 aliphatic carbocycles. The summed E-state index contributed by atoms with van der Waals surface area (Å²) in [5.41, 5.74) is 10.7. The molecule has 9 nitrogen and oxygen atoms in total. The van der Waals surface area contributed by atoms with Gasteiger partial charge in [0, 0.05) is 6.42 Å². The Morgan fingerprint density at radius 3 is 2.28 bits per heavy atom. The van der Waals surface area contributed by atoms with E-state index in [1.54, 1.807) is 10.9 Å². The highest BCUT2D eigenvalue weighted by Gasteiger charge is 2.24.